The van der Waals surface area contributed by atoms with Gasteiger partial charge in [0.1, 0.15) is 17.8 Å². The molecule has 0 saturated carbocycles. The number of hydrogen-bond donors (Lipinski definition) is 3. The van der Waals surface area contributed by atoms with E-state index in [2.05, 4.69) is 20.2 Å². The molecule has 1 atom stereocenters. The summed E-state index contributed by atoms with van der Waals surface area (Å²) in [5.74, 6) is 0.473. The monoisotopic (exact) mass is 290 g/mol. The second-order valence-electron chi connectivity index (χ2n) is 5.59. The predicted molar refractivity (Wildman–Crippen MR) is 81.2 cm³/mol. The van der Waals surface area contributed by atoms with Crippen LogP contribution in [0.25, 0.3) is 12.3 Å². The maximum atomic E-state index is 6.41. The highest BCUT2D eigenvalue weighted by atomic mass is 16.5. The summed E-state index contributed by atoms with van der Waals surface area (Å²) < 4.78 is 5.35. The zero-order chi connectivity index (χ0) is 14.7. The predicted octanol–water partition coefficient (Wildman–Crippen LogP) is -2.05. The quantitative estimate of drug-likeness (QED) is 0.586. The maximum Gasteiger partial charge on any atom is 0.134 e. The Balaban J connectivity index is 1.64. The molecule has 7 nitrogen and oxygen atoms in total. The highest BCUT2D eigenvalue weighted by Crippen LogP contribution is 2.11. The molecule has 0 aliphatic carbocycles. The maximum absolute atomic E-state index is 6.41. The third kappa shape index (κ3) is 3.31. The number of nitrogen functional groups attached to an aromatic ring is 1. The molecular formula is C14H22N6O. The molecule has 5 N–H and O–H groups in total. The largest absolute Gasteiger partial charge is 0.383 e. The third-order valence-electron chi connectivity index (χ3n) is 3.99. The van der Waals surface area contributed by atoms with Crippen molar-refractivity contribution in [1.82, 2.24) is 20.2 Å². The topological polar surface area (TPSA) is 102 Å². The van der Waals surface area contributed by atoms with Gasteiger partial charge in [0.05, 0.1) is 18.6 Å². The van der Waals surface area contributed by atoms with Crippen LogP contribution in [0, 0.1) is 0 Å². The summed E-state index contributed by atoms with van der Waals surface area (Å²) in [4.78, 5) is 10.6. The first kappa shape index (κ1) is 14.2. The number of morpholine rings is 1. The van der Waals surface area contributed by atoms with Crippen LogP contribution in [0.4, 0.5) is 5.82 Å². The lowest BCUT2D eigenvalue weighted by molar-refractivity contribution is 0.0367. The van der Waals surface area contributed by atoms with E-state index in [0.717, 1.165) is 56.3 Å². The fourth-order valence-corrected chi connectivity index (χ4v) is 2.75. The van der Waals surface area contributed by atoms with Gasteiger partial charge >= 0.3 is 0 Å². The normalized spacial score (nSPS) is 25.4. The van der Waals surface area contributed by atoms with Gasteiger partial charge in [0.2, 0.25) is 0 Å². The molecule has 0 spiro atoms. The number of nitrogens with two attached hydrogens (primary N) is 2. The first-order valence-electron chi connectivity index (χ1n) is 7.33. The van der Waals surface area contributed by atoms with Gasteiger partial charge in [0.15, 0.2) is 0 Å². The van der Waals surface area contributed by atoms with Gasteiger partial charge in [0.25, 0.3) is 0 Å². The second kappa shape index (κ2) is 5.97. The number of anilines is 1. The lowest BCUT2D eigenvalue weighted by Crippen LogP contribution is -2.56. The van der Waals surface area contributed by atoms with Gasteiger partial charge in [0, 0.05) is 24.5 Å². The van der Waals surface area contributed by atoms with Crippen molar-refractivity contribution in [2.45, 2.75) is 18.5 Å². The van der Waals surface area contributed by atoms with Crippen LogP contribution >= 0.6 is 0 Å². The van der Waals surface area contributed by atoms with Crippen molar-refractivity contribution in [2.75, 3.05) is 38.6 Å². The van der Waals surface area contributed by atoms with Gasteiger partial charge in [-0.25, -0.2) is 9.97 Å². The van der Waals surface area contributed by atoms with Gasteiger partial charge in [-0.3, -0.25) is 4.90 Å². The number of rotatable bonds is 4. The van der Waals surface area contributed by atoms with Crippen molar-refractivity contribution in [3.8, 4) is 0 Å². The minimum absolute atomic E-state index is 0.473. The summed E-state index contributed by atoms with van der Waals surface area (Å²) in [7, 11) is 0. The van der Waals surface area contributed by atoms with E-state index in [0.29, 0.717) is 5.82 Å². The minimum Gasteiger partial charge on any atom is -0.383 e. The zero-order valence-corrected chi connectivity index (χ0v) is 12.1. The molecule has 1 saturated heterocycles. The molecular weight excluding hydrogens is 268 g/mol. The van der Waals surface area contributed by atoms with Gasteiger partial charge < -0.3 is 21.5 Å². The van der Waals surface area contributed by atoms with Gasteiger partial charge in [-0.05, 0) is 25.5 Å². The molecule has 0 aromatic carbocycles. The molecule has 0 amide bonds. The Hall–Kier alpha value is -1.70. The molecule has 3 heterocycles. The van der Waals surface area contributed by atoms with Crippen molar-refractivity contribution in [2.24, 2.45) is 5.73 Å². The molecule has 2 aliphatic rings. The molecule has 1 fully saturated rings. The van der Waals surface area contributed by atoms with Crippen LogP contribution in [-0.2, 0) is 4.74 Å². The van der Waals surface area contributed by atoms with Gasteiger partial charge in [-0.15, -0.1) is 0 Å². The van der Waals surface area contributed by atoms with E-state index in [1.807, 2.05) is 12.3 Å². The molecule has 1 aromatic heterocycles. The van der Waals surface area contributed by atoms with Crippen molar-refractivity contribution in [3.05, 3.63) is 16.9 Å². The lowest BCUT2D eigenvalue weighted by Gasteiger charge is -2.31. The number of fused-ring (bicyclic) bond motifs is 1. The van der Waals surface area contributed by atoms with Crippen LogP contribution in [0.2, 0.25) is 0 Å². The lowest BCUT2D eigenvalue weighted by atomic mass is 10.0. The summed E-state index contributed by atoms with van der Waals surface area (Å²) in [6, 6.07) is 0. The number of hydrogen-bond acceptors (Lipinski definition) is 7. The number of aromatic nitrogens is 2. The molecule has 21 heavy (non-hydrogen) atoms. The minimum atomic E-state index is -0.585. The zero-order valence-electron chi connectivity index (χ0n) is 12.1. The second-order valence-corrected chi connectivity index (χ2v) is 5.59. The average molecular weight is 290 g/mol. The van der Waals surface area contributed by atoms with Crippen LogP contribution in [0.1, 0.15) is 12.8 Å². The Morgan fingerprint density at radius 1 is 1.33 bits per heavy atom. The Morgan fingerprint density at radius 3 is 2.95 bits per heavy atom. The smallest absolute Gasteiger partial charge is 0.134 e. The molecule has 7 heteroatoms. The Kier molecular flexibility index (Phi) is 4.05. The van der Waals surface area contributed by atoms with E-state index >= 15 is 0 Å². The van der Waals surface area contributed by atoms with E-state index in [9.17, 15) is 0 Å². The van der Waals surface area contributed by atoms with Crippen LogP contribution in [0.3, 0.4) is 0 Å². The molecule has 0 bridgehead atoms. The summed E-state index contributed by atoms with van der Waals surface area (Å²) in [5.41, 5.74) is 11.7. The van der Waals surface area contributed by atoms with E-state index in [4.69, 9.17) is 16.2 Å². The van der Waals surface area contributed by atoms with Gasteiger partial charge in [-0.1, -0.05) is 0 Å². The SMILES string of the molecule is Nc1ncnc2c1=CC(N)(CCCN1CCOCC1)NC=2. The van der Waals surface area contributed by atoms with Crippen LogP contribution < -0.4 is 27.4 Å². The summed E-state index contributed by atoms with van der Waals surface area (Å²) in [6.45, 7) is 4.70. The highest BCUT2D eigenvalue weighted by Gasteiger charge is 2.23. The molecule has 114 valence electrons. The summed E-state index contributed by atoms with van der Waals surface area (Å²) in [5, 5.41) is 4.84. The first-order valence-corrected chi connectivity index (χ1v) is 7.33. The van der Waals surface area contributed by atoms with Crippen LogP contribution in [0.15, 0.2) is 6.33 Å². The van der Waals surface area contributed by atoms with E-state index < -0.39 is 5.66 Å². The van der Waals surface area contributed by atoms with Crippen molar-refractivity contribution in [1.29, 1.82) is 0 Å². The fourth-order valence-electron chi connectivity index (χ4n) is 2.75. The van der Waals surface area contributed by atoms with Crippen molar-refractivity contribution >= 4 is 18.1 Å². The first-order chi connectivity index (χ1) is 10.2. The number of ether oxygens (including phenoxy) is 1. The van der Waals surface area contributed by atoms with Crippen LogP contribution in [0.5, 0.6) is 0 Å². The number of nitrogens with one attached hydrogen (secondary N) is 1. The van der Waals surface area contributed by atoms with Crippen LogP contribution in [-0.4, -0.2) is 53.4 Å². The van der Waals surface area contributed by atoms with E-state index in [1.54, 1.807) is 0 Å². The van der Waals surface area contributed by atoms with Crippen molar-refractivity contribution in [3.63, 3.8) is 0 Å². The molecule has 3 rings (SSSR count). The fraction of sp³-hybridized carbons (Fsp3) is 0.571. The van der Waals surface area contributed by atoms with E-state index in [1.165, 1.54) is 6.33 Å². The average Bonchev–Trinajstić information content (AvgIpc) is 2.49. The Morgan fingerprint density at radius 2 is 2.14 bits per heavy atom. The van der Waals surface area contributed by atoms with E-state index in [-0.39, 0.29) is 0 Å². The Labute approximate surface area is 123 Å². The molecule has 1 unspecified atom stereocenters. The molecule has 2 aliphatic heterocycles. The Bertz CT molecular complexity index is 612. The third-order valence-corrected chi connectivity index (χ3v) is 3.99. The number of nitrogens with zero attached hydrogens (tertiary/aromatic N) is 3. The summed E-state index contributed by atoms with van der Waals surface area (Å²) in [6.07, 6.45) is 7.06. The highest BCUT2D eigenvalue weighted by molar-refractivity contribution is 5.50. The molecule has 1 aromatic rings. The standard InChI is InChI=1S/C14H22N6O/c15-13-11-8-14(16,19-9-12(11)17-10-18-13)2-1-3-20-4-6-21-7-5-20/h8-10,19H,1-7,16H2,(H2,15,17,18). The molecule has 0 radical (unpaired) electrons. The van der Waals surface area contributed by atoms with Gasteiger partial charge in [-0.2, -0.15) is 0 Å². The van der Waals surface area contributed by atoms with Crippen molar-refractivity contribution < 1.29 is 4.74 Å². The summed E-state index contributed by atoms with van der Waals surface area (Å²) >= 11 is 0.